The van der Waals surface area contributed by atoms with Crippen LogP contribution in [0.15, 0.2) is 83.2 Å². The number of sulfonamides is 1. The average molecular weight is 448 g/mol. The molecule has 5 heteroatoms. The Hall–Kier alpha value is -1.85. The summed E-state index contributed by atoms with van der Waals surface area (Å²) in [5, 5.41) is 0. The summed E-state index contributed by atoms with van der Waals surface area (Å²) in [6, 6.07) is 14.4. The quantitative estimate of drug-likeness (QED) is 0.325. The van der Waals surface area contributed by atoms with E-state index >= 15 is 0 Å². The Kier molecular flexibility index (Phi) is 7.87. The van der Waals surface area contributed by atoms with Gasteiger partial charge in [0.15, 0.2) is 0 Å². The van der Waals surface area contributed by atoms with E-state index in [2.05, 4.69) is 29.1 Å². The number of aryl methyl sites for hydroxylation is 1. The molecule has 0 aliphatic carbocycles. The number of benzene rings is 2. The summed E-state index contributed by atoms with van der Waals surface area (Å²) in [6.07, 6.45) is 6.45. The van der Waals surface area contributed by atoms with Crippen molar-refractivity contribution in [2.45, 2.75) is 31.1 Å². The number of para-hydroxylation sites is 1. The smallest absolute Gasteiger partial charge is 0.264 e. The molecule has 27 heavy (non-hydrogen) atoms. The van der Waals surface area contributed by atoms with Crippen LogP contribution in [0.1, 0.15) is 24.8 Å². The van der Waals surface area contributed by atoms with E-state index in [1.165, 1.54) is 4.31 Å². The normalized spacial score (nSPS) is 12.4. The van der Waals surface area contributed by atoms with E-state index < -0.39 is 10.0 Å². The molecule has 0 saturated carbocycles. The zero-order valence-electron chi connectivity index (χ0n) is 15.6. The molecule has 0 fully saturated rings. The summed E-state index contributed by atoms with van der Waals surface area (Å²) in [4.78, 5) is 0.290. The molecule has 2 aromatic carbocycles. The van der Waals surface area contributed by atoms with Crippen molar-refractivity contribution < 1.29 is 8.42 Å². The molecule has 0 spiro atoms. The SMILES string of the molecule is C=CCCC[C@@H](C=C)CN(c1ccccc1Br)S(=O)(=O)c1ccc(C)cc1. The number of nitrogens with zero attached hydrogens (tertiary/aromatic N) is 1. The number of anilines is 1. The van der Waals surface area contributed by atoms with Crippen molar-refractivity contribution in [3.05, 3.63) is 83.9 Å². The maximum atomic E-state index is 13.4. The minimum atomic E-state index is -3.69. The van der Waals surface area contributed by atoms with Crippen molar-refractivity contribution in [2.24, 2.45) is 5.92 Å². The van der Waals surface area contributed by atoms with Crippen LogP contribution < -0.4 is 4.31 Å². The third-order valence-corrected chi connectivity index (χ3v) is 6.91. The van der Waals surface area contributed by atoms with Crippen molar-refractivity contribution in [2.75, 3.05) is 10.8 Å². The Labute approximate surface area is 171 Å². The van der Waals surface area contributed by atoms with Crippen LogP contribution in [0.3, 0.4) is 0 Å². The van der Waals surface area contributed by atoms with E-state index in [-0.39, 0.29) is 10.8 Å². The third kappa shape index (κ3) is 5.56. The largest absolute Gasteiger partial charge is 0.265 e. The lowest BCUT2D eigenvalue weighted by atomic mass is 10.0. The summed E-state index contributed by atoms with van der Waals surface area (Å²) in [6.45, 7) is 9.95. The van der Waals surface area contributed by atoms with Crippen LogP contribution in [-0.4, -0.2) is 15.0 Å². The Morgan fingerprint density at radius 2 is 1.78 bits per heavy atom. The van der Waals surface area contributed by atoms with Crippen LogP contribution >= 0.6 is 15.9 Å². The molecular weight excluding hydrogens is 422 g/mol. The van der Waals surface area contributed by atoms with Gasteiger partial charge < -0.3 is 0 Å². The van der Waals surface area contributed by atoms with E-state index in [1.54, 1.807) is 12.1 Å². The molecule has 0 bridgehead atoms. The third-order valence-electron chi connectivity index (χ3n) is 4.45. The number of rotatable bonds is 10. The molecule has 0 unspecified atom stereocenters. The van der Waals surface area contributed by atoms with Gasteiger partial charge in [0.25, 0.3) is 10.0 Å². The fourth-order valence-corrected chi connectivity index (χ4v) is 5.00. The first-order valence-corrected chi connectivity index (χ1v) is 11.2. The van der Waals surface area contributed by atoms with E-state index in [1.807, 2.05) is 55.5 Å². The predicted octanol–water partition coefficient (Wildman–Crippen LogP) is 6.11. The van der Waals surface area contributed by atoms with Gasteiger partial charge in [-0.25, -0.2) is 8.42 Å². The molecule has 144 valence electrons. The van der Waals surface area contributed by atoms with Crippen molar-refractivity contribution in [3.8, 4) is 0 Å². The lowest BCUT2D eigenvalue weighted by Gasteiger charge is -2.28. The maximum absolute atomic E-state index is 13.4. The molecule has 0 amide bonds. The summed E-state index contributed by atoms with van der Waals surface area (Å²) >= 11 is 3.50. The fraction of sp³-hybridized carbons (Fsp3) is 0.273. The number of unbranched alkanes of at least 4 members (excludes halogenated alkanes) is 1. The number of halogens is 1. The monoisotopic (exact) mass is 447 g/mol. The first-order valence-electron chi connectivity index (χ1n) is 8.97. The van der Waals surface area contributed by atoms with Crippen LogP contribution in [0, 0.1) is 12.8 Å². The van der Waals surface area contributed by atoms with Crippen LogP contribution in [0.25, 0.3) is 0 Å². The van der Waals surface area contributed by atoms with Gasteiger partial charge in [0.1, 0.15) is 0 Å². The van der Waals surface area contributed by atoms with Gasteiger partial charge >= 0.3 is 0 Å². The molecule has 0 aromatic heterocycles. The zero-order valence-corrected chi connectivity index (χ0v) is 18.0. The van der Waals surface area contributed by atoms with Crippen molar-refractivity contribution in [1.29, 1.82) is 0 Å². The molecule has 0 aliphatic heterocycles. The van der Waals surface area contributed by atoms with Gasteiger partial charge in [-0.05, 0) is 72.3 Å². The van der Waals surface area contributed by atoms with Gasteiger partial charge in [-0.15, -0.1) is 13.2 Å². The Bertz CT molecular complexity index is 875. The molecular formula is C22H26BrNO2S. The highest BCUT2D eigenvalue weighted by atomic mass is 79.9. The first kappa shape index (κ1) is 21.5. The minimum absolute atomic E-state index is 0.0530. The van der Waals surface area contributed by atoms with Gasteiger partial charge in [0.05, 0.1) is 10.6 Å². The van der Waals surface area contributed by atoms with E-state index in [9.17, 15) is 8.42 Å². The zero-order chi connectivity index (χ0) is 19.9. The van der Waals surface area contributed by atoms with Gasteiger partial charge in [-0.3, -0.25) is 4.31 Å². The van der Waals surface area contributed by atoms with Crippen LogP contribution in [0.5, 0.6) is 0 Å². The maximum Gasteiger partial charge on any atom is 0.264 e. The summed E-state index contributed by atoms with van der Waals surface area (Å²) in [7, 11) is -3.69. The highest BCUT2D eigenvalue weighted by Gasteiger charge is 2.28. The Morgan fingerprint density at radius 1 is 1.11 bits per heavy atom. The Morgan fingerprint density at radius 3 is 2.37 bits per heavy atom. The second-order valence-electron chi connectivity index (χ2n) is 6.52. The highest BCUT2D eigenvalue weighted by Crippen LogP contribution is 2.32. The summed E-state index contributed by atoms with van der Waals surface area (Å²) < 4.78 is 29.1. The number of hydrogen-bond donors (Lipinski definition) is 0. The van der Waals surface area contributed by atoms with Crippen LogP contribution in [0.4, 0.5) is 5.69 Å². The summed E-state index contributed by atoms with van der Waals surface area (Å²) in [5.41, 5.74) is 1.66. The van der Waals surface area contributed by atoms with Crippen molar-refractivity contribution >= 4 is 31.6 Å². The number of allylic oxidation sites excluding steroid dienone is 1. The highest BCUT2D eigenvalue weighted by molar-refractivity contribution is 9.10. The van der Waals surface area contributed by atoms with Crippen molar-refractivity contribution in [3.63, 3.8) is 0 Å². The molecule has 0 radical (unpaired) electrons. The molecule has 1 atom stereocenters. The van der Waals surface area contributed by atoms with Gasteiger partial charge in [-0.1, -0.05) is 42.0 Å². The molecule has 0 aliphatic rings. The molecule has 0 saturated heterocycles. The standard InChI is InChI=1S/C22H26BrNO2S/c1-4-6-7-10-19(5-2)17-24(22-12-9-8-11-21(22)23)27(25,26)20-15-13-18(3)14-16-20/h4-5,8-9,11-16,19H,1-2,6-7,10,17H2,3H3/t19-/m1/s1. The summed E-state index contributed by atoms with van der Waals surface area (Å²) in [5.74, 6) is 0.0530. The first-order chi connectivity index (χ1) is 12.9. The average Bonchev–Trinajstić information content (AvgIpc) is 2.65. The van der Waals surface area contributed by atoms with Crippen LogP contribution in [-0.2, 0) is 10.0 Å². The second-order valence-corrected chi connectivity index (χ2v) is 9.23. The second kappa shape index (κ2) is 9.90. The molecule has 0 N–H and O–H groups in total. The van der Waals surface area contributed by atoms with E-state index in [4.69, 9.17) is 0 Å². The van der Waals surface area contributed by atoms with E-state index in [0.717, 1.165) is 29.3 Å². The Balaban J connectivity index is 2.43. The number of hydrogen-bond acceptors (Lipinski definition) is 2. The van der Waals surface area contributed by atoms with Crippen molar-refractivity contribution in [1.82, 2.24) is 0 Å². The fourth-order valence-electron chi connectivity index (χ4n) is 2.84. The lowest BCUT2D eigenvalue weighted by Crippen LogP contribution is -2.35. The minimum Gasteiger partial charge on any atom is -0.265 e. The molecule has 0 heterocycles. The predicted molar refractivity (Wildman–Crippen MR) is 118 cm³/mol. The molecule has 3 nitrogen and oxygen atoms in total. The molecule has 2 rings (SSSR count). The van der Waals surface area contributed by atoms with Crippen LogP contribution in [0.2, 0.25) is 0 Å². The molecule has 2 aromatic rings. The lowest BCUT2D eigenvalue weighted by molar-refractivity contribution is 0.554. The van der Waals surface area contributed by atoms with Gasteiger partial charge in [-0.2, -0.15) is 0 Å². The van der Waals surface area contributed by atoms with Gasteiger partial charge in [0.2, 0.25) is 0 Å². The van der Waals surface area contributed by atoms with E-state index in [0.29, 0.717) is 12.2 Å². The topological polar surface area (TPSA) is 37.4 Å². The van der Waals surface area contributed by atoms with Gasteiger partial charge in [0, 0.05) is 11.0 Å².